The molecule has 0 unspecified atom stereocenters. The molecule has 5 nitrogen and oxygen atoms in total. The number of nitro groups is 1. The van der Waals surface area contributed by atoms with Crippen molar-refractivity contribution in [1.29, 1.82) is 0 Å². The molecular formula is C14H14FN3O2. The van der Waals surface area contributed by atoms with Crippen molar-refractivity contribution in [1.82, 2.24) is 4.98 Å². The zero-order valence-electron chi connectivity index (χ0n) is 11.0. The molecule has 0 aliphatic heterocycles. The first-order valence-corrected chi connectivity index (χ1v) is 6.54. The highest BCUT2D eigenvalue weighted by atomic mass is 19.1. The van der Waals surface area contributed by atoms with Crippen LogP contribution in [0.3, 0.4) is 0 Å². The maximum absolute atomic E-state index is 14.2. The standard InChI is InChI=1S/C14H14FN3O2/c1-8-5-9(6-8)17-14-11(15)7-12(18(19)20)10-3-2-4-16-13(10)14/h2-4,7-9,17H,5-6H2,1H3. The molecule has 0 spiro atoms. The van der Waals surface area contributed by atoms with Gasteiger partial charge in [0.05, 0.1) is 22.1 Å². The van der Waals surface area contributed by atoms with Gasteiger partial charge in [-0.1, -0.05) is 6.92 Å². The van der Waals surface area contributed by atoms with E-state index in [2.05, 4.69) is 17.2 Å². The second-order valence-electron chi connectivity index (χ2n) is 5.33. The summed E-state index contributed by atoms with van der Waals surface area (Å²) in [7, 11) is 0. The van der Waals surface area contributed by atoms with E-state index in [9.17, 15) is 14.5 Å². The van der Waals surface area contributed by atoms with Crippen molar-refractivity contribution in [2.24, 2.45) is 5.92 Å². The van der Waals surface area contributed by atoms with E-state index in [-0.39, 0.29) is 17.4 Å². The van der Waals surface area contributed by atoms with Gasteiger partial charge in [0, 0.05) is 12.2 Å². The Morgan fingerprint density at radius 1 is 1.50 bits per heavy atom. The van der Waals surface area contributed by atoms with Gasteiger partial charge in [0.1, 0.15) is 5.52 Å². The molecule has 1 aliphatic rings. The second kappa shape index (κ2) is 4.70. The highest BCUT2D eigenvalue weighted by Gasteiger charge is 2.28. The van der Waals surface area contributed by atoms with Crippen molar-refractivity contribution in [3.8, 4) is 0 Å². The van der Waals surface area contributed by atoms with Crippen LogP contribution >= 0.6 is 0 Å². The van der Waals surface area contributed by atoms with Crippen LogP contribution in [-0.2, 0) is 0 Å². The van der Waals surface area contributed by atoms with E-state index in [1.807, 2.05) is 0 Å². The molecule has 1 saturated carbocycles. The molecular weight excluding hydrogens is 261 g/mol. The number of anilines is 1. The number of halogens is 1. The molecule has 1 fully saturated rings. The lowest BCUT2D eigenvalue weighted by Crippen LogP contribution is -2.34. The van der Waals surface area contributed by atoms with Crippen LogP contribution in [0.5, 0.6) is 0 Å². The van der Waals surface area contributed by atoms with Crippen molar-refractivity contribution in [2.75, 3.05) is 5.32 Å². The van der Waals surface area contributed by atoms with E-state index in [0.29, 0.717) is 16.8 Å². The van der Waals surface area contributed by atoms with E-state index in [0.717, 1.165) is 18.9 Å². The van der Waals surface area contributed by atoms with Crippen LogP contribution in [0.4, 0.5) is 15.8 Å². The predicted octanol–water partition coefficient (Wildman–Crippen LogP) is 3.49. The molecule has 1 aromatic heterocycles. The fourth-order valence-electron chi connectivity index (χ4n) is 2.71. The van der Waals surface area contributed by atoms with Crippen LogP contribution in [0.1, 0.15) is 19.8 Å². The summed E-state index contributed by atoms with van der Waals surface area (Å²) >= 11 is 0. The average molecular weight is 275 g/mol. The number of nitro benzene ring substituents is 1. The first-order chi connectivity index (χ1) is 9.56. The van der Waals surface area contributed by atoms with E-state index in [1.54, 1.807) is 12.1 Å². The van der Waals surface area contributed by atoms with Crippen LogP contribution in [0.2, 0.25) is 0 Å². The lowest BCUT2D eigenvalue weighted by atomic mass is 9.82. The molecule has 0 saturated heterocycles. The van der Waals surface area contributed by atoms with E-state index in [1.165, 1.54) is 6.20 Å². The number of hydrogen-bond donors (Lipinski definition) is 1. The van der Waals surface area contributed by atoms with E-state index in [4.69, 9.17) is 0 Å². The largest absolute Gasteiger partial charge is 0.378 e. The Morgan fingerprint density at radius 2 is 2.25 bits per heavy atom. The lowest BCUT2D eigenvalue weighted by Gasteiger charge is -2.34. The summed E-state index contributed by atoms with van der Waals surface area (Å²) in [6, 6.07) is 4.39. The Bertz CT molecular complexity index is 683. The van der Waals surface area contributed by atoms with Gasteiger partial charge in [-0.15, -0.1) is 0 Å². The van der Waals surface area contributed by atoms with Crippen LogP contribution in [0, 0.1) is 21.8 Å². The van der Waals surface area contributed by atoms with Crippen LogP contribution in [0.25, 0.3) is 10.9 Å². The summed E-state index contributed by atoms with van der Waals surface area (Å²) in [5.41, 5.74) is 0.333. The van der Waals surface area contributed by atoms with Crippen molar-refractivity contribution in [3.63, 3.8) is 0 Å². The normalized spacial score (nSPS) is 21.5. The van der Waals surface area contributed by atoms with Crippen LogP contribution in [-0.4, -0.2) is 15.9 Å². The van der Waals surface area contributed by atoms with Crippen molar-refractivity contribution in [2.45, 2.75) is 25.8 Å². The summed E-state index contributed by atoms with van der Waals surface area (Å²) in [4.78, 5) is 14.5. The first-order valence-electron chi connectivity index (χ1n) is 6.54. The smallest absolute Gasteiger partial charge is 0.281 e. The summed E-state index contributed by atoms with van der Waals surface area (Å²) in [6.07, 6.45) is 3.47. The topological polar surface area (TPSA) is 68.1 Å². The Morgan fingerprint density at radius 3 is 2.90 bits per heavy atom. The van der Waals surface area contributed by atoms with Crippen molar-refractivity contribution >= 4 is 22.3 Å². The zero-order chi connectivity index (χ0) is 14.3. The summed E-state index contributed by atoms with van der Waals surface area (Å²) in [6.45, 7) is 2.14. The van der Waals surface area contributed by atoms with Gasteiger partial charge < -0.3 is 5.32 Å². The first kappa shape index (κ1) is 12.8. The SMILES string of the molecule is CC1CC(Nc2c(F)cc([N+](=O)[O-])c3cccnc23)C1. The Hall–Kier alpha value is -2.24. The number of benzene rings is 1. The lowest BCUT2D eigenvalue weighted by molar-refractivity contribution is -0.383. The molecule has 0 bridgehead atoms. The van der Waals surface area contributed by atoms with Gasteiger partial charge in [-0.25, -0.2) is 4.39 Å². The van der Waals surface area contributed by atoms with Gasteiger partial charge in [-0.3, -0.25) is 15.1 Å². The molecule has 104 valence electrons. The molecule has 1 aliphatic carbocycles. The Labute approximate surface area is 115 Å². The number of hydrogen-bond acceptors (Lipinski definition) is 4. The maximum Gasteiger partial charge on any atom is 0.281 e. The van der Waals surface area contributed by atoms with Gasteiger partial charge >= 0.3 is 0 Å². The number of nitrogens with one attached hydrogen (secondary N) is 1. The fraction of sp³-hybridized carbons (Fsp3) is 0.357. The molecule has 2 aromatic rings. The predicted molar refractivity (Wildman–Crippen MR) is 74.2 cm³/mol. The van der Waals surface area contributed by atoms with Crippen molar-refractivity contribution < 1.29 is 9.31 Å². The van der Waals surface area contributed by atoms with Gasteiger partial charge in [-0.05, 0) is 30.9 Å². The fourth-order valence-corrected chi connectivity index (χ4v) is 2.71. The summed E-state index contributed by atoms with van der Waals surface area (Å²) in [5, 5.41) is 14.5. The summed E-state index contributed by atoms with van der Waals surface area (Å²) in [5.74, 6) is 0.00952. The molecule has 0 amide bonds. The highest BCUT2D eigenvalue weighted by molar-refractivity contribution is 5.97. The molecule has 1 N–H and O–H groups in total. The van der Waals surface area contributed by atoms with Gasteiger partial charge in [0.2, 0.25) is 0 Å². The van der Waals surface area contributed by atoms with Gasteiger partial charge in [-0.2, -0.15) is 0 Å². The second-order valence-corrected chi connectivity index (χ2v) is 5.33. The molecule has 1 aromatic carbocycles. The summed E-state index contributed by atoms with van der Waals surface area (Å²) < 4.78 is 14.2. The average Bonchev–Trinajstić information content (AvgIpc) is 2.39. The number of fused-ring (bicyclic) bond motifs is 1. The number of aromatic nitrogens is 1. The Kier molecular flexibility index (Phi) is 3.00. The van der Waals surface area contributed by atoms with E-state index < -0.39 is 10.7 Å². The Balaban J connectivity index is 2.10. The van der Waals surface area contributed by atoms with Gasteiger partial charge in [0.15, 0.2) is 5.82 Å². The van der Waals surface area contributed by atoms with Crippen molar-refractivity contribution in [3.05, 3.63) is 40.3 Å². The monoisotopic (exact) mass is 275 g/mol. The quantitative estimate of drug-likeness (QED) is 0.687. The van der Waals surface area contributed by atoms with Crippen LogP contribution in [0.15, 0.2) is 24.4 Å². The number of pyridine rings is 1. The number of rotatable bonds is 3. The molecule has 20 heavy (non-hydrogen) atoms. The highest BCUT2D eigenvalue weighted by Crippen LogP contribution is 2.36. The minimum absolute atomic E-state index is 0.214. The maximum atomic E-state index is 14.2. The third-order valence-corrected chi connectivity index (χ3v) is 3.74. The molecule has 1 heterocycles. The molecule has 0 radical (unpaired) electrons. The third kappa shape index (κ3) is 2.07. The molecule has 0 atom stereocenters. The van der Waals surface area contributed by atoms with Crippen LogP contribution < -0.4 is 5.32 Å². The number of nitrogens with zero attached hydrogens (tertiary/aromatic N) is 2. The third-order valence-electron chi connectivity index (χ3n) is 3.74. The number of non-ortho nitro benzene ring substituents is 1. The minimum atomic E-state index is -0.623. The minimum Gasteiger partial charge on any atom is -0.378 e. The van der Waals surface area contributed by atoms with E-state index >= 15 is 0 Å². The molecule has 6 heteroatoms. The molecule has 3 rings (SSSR count). The van der Waals surface area contributed by atoms with Gasteiger partial charge in [0.25, 0.3) is 5.69 Å². The zero-order valence-corrected chi connectivity index (χ0v) is 11.0.